The van der Waals surface area contributed by atoms with Gasteiger partial charge in [-0.1, -0.05) is 31.5 Å². The van der Waals surface area contributed by atoms with E-state index in [1.807, 2.05) is 0 Å². The number of unbranched alkanes of at least 4 members (excludes halogenated alkanes) is 1. The van der Waals surface area contributed by atoms with Crippen LogP contribution in [0.5, 0.6) is 0 Å². The Balaban J connectivity index is 2.04. The van der Waals surface area contributed by atoms with Crippen molar-refractivity contribution in [1.29, 1.82) is 0 Å². The predicted octanol–water partition coefficient (Wildman–Crippen LogP) is 3.83. The molecule has 20 heavy (non-hydrogen) atoms. The second-order valence-corrected chi connectivity index (χ2v) is 6.26. The summed E-state index contributed by atoms with van der Waals surface area (Å²) in [5, 5.41) is 3.51. The molecule has 2 nitrogen and oxygen atoms in total. The quantitative estimate of drug-likeness (QED) is 0.775. The van der Waals surface area contributed by atoms with Crippen LogP contribution < -0.4 is 5.32 Å². The van der Waals surface area contributed by atoms with Crippen LogP contribution in [-0.4, -0.2) is 31.1 Å². The van der Waals surface area contributed by atoms with Gasteiger partial charge in [-0.3, -0.25) is 4.90 Å². The Kier molecular flexibility index (Phi) is 5.62. The highest BCUT2D eigenvalue weighted by Gasteiger charge is 2.30. The molecule has 0 bridgehead atoms. The summed E-state index contributed by atoms with van der Waals surface area (Å²) >= 11 is 0. The monoisotopic (exact) mass is 274 g/mol. The van der Waals surface area contributed by atoms with E-state index in [0.29, 0.717) is 6.04 Å². The molecule has 0 radical (unpaired) electrons. The summed E-state index contributed by atoms with van der Waals surface area (Å²) in [7, 11) is 2.09. The van der Waals surface area contributed by atoms with Crippen LogP contribution in [0.15, 0.2) is 18.2 Å². The van der Waals surface area contributed by atoms with E-state index in [1.165, 1.54) is 48.9 Å². The highest BCUT2D eigenvalue weighted by Crippen LogP contribution is 2.29. The topological polar surface area (TPSA) is 15.3 Å². The third-order valence-corrected chi connectivity index (χ3v) is 4.56. The lowest BCUT2D eigenvalue weighted by Crippen LogP contribution is -2.36. The van der Waals surface area contributed by atoms with Gasteiger partial charge in [0.2, 0.25) is 0 Å². The van der Waals surface area contributed by atoms with E-state index in [-0.39, 0.29) is 0 Å². The van der Waals surface area contributed by atoms with Crippen molar-refractivity contribution in [3.05, 3.63) is 34.9 Å². The third kappa shape index (κ3) is 4.07. The molecule has 1 aromatic carbocycles. The Labute approximate surface area is 124 Å². The van der Waals surface area contributed by atoms with Gasteiger partial charge in [-0.2, -0.15) is 0 Å². The van der Waals surface area contributed by atoms with Crippen LogP contribution in [0.2, 0.25) is 0 Å². The standard InChI is InChI=1S/C18H30N2/c1-5-6-11-20(17-9-10-17)13-18(19-4)16-8-7-14(2)15(3)12-16/h7-8,12,17-19H,5-6,9-11,13H2,1-4H3. The smallest absolute Gasteiger partial charge is 0.0447 e. The Hall–Kier alpha value is -0.860. The van der Waals surface area contributed by atoms with Crippen molar-refractivity contribution in [2.24, 2.45) is 0 Å². The van der Waals surface area contributed by atoms with Crippen LogP contribution in [0, 0.1) is 13.8 Å². The van der Waals surface area contributed by atoms with Crippen molar-refractivity contribution in [3.63, 3.8) is 0 Å². The number of nitrogens with one attached hydrogen (secondary N) is 1. The number of benzene rings is 1. The summed E-state index contributed by atoms with van der Waals surface area (Å²) < 4.78 is 0. The average molecular weight is 274 g/mol. The van der Waals surface area contributed by atoms with E-state index in [9.17, 15) is 0 Å². The lowest BCUT2D eigenvalue weighted by atomic mass is 10.0. The summed E-state index contributed by atoms with van der Waals surface area (Å²) in [5.41, 5.74) is 4.21. The zero-order valence-corrected chi connectivity index (χ0v) is 13.6. The molecule has 0 spiro atoms. The Bertz CT molecular complexity index is 423. The highest BCUT2D eigenvalue weighted by molar-refractivity contribution is 5.32. The Morgan fingerprint density at radius 3 is 2.55 bits per heavy atom. The fourth-order valence-electron chi connectivity index (χ4n) is 2.80. The van der Waals surface area contributed by atoms with Gasteiger partial charge in [-0.25, -0.2) is 0 Å². The van der Waals surface area contributed by atoms with Crippen LogP contribution in [0.25, 0.3) is 0 Å². The van der Waals surface area contributed by atoms with E-state index in [4.69, 9.17) is 0 Å². The number of hydrogen-bond donors (Lipinski definition) is 1. The first-order valence-electron chi connectivity index (χ1n) is 8.14. The summed E-state index contributed by atoms with van der Waals surface area (Å²) in [5.74, 6) is 0. The van der Waals surface area contributed by atoms with Gasteiger partial charge in [-0.15, -0.1) is 0 Å². The molecule has 1 unspecified atom stereocenters. The molecule has 1 N–H and O–H groups in total. The van der Waals surface area contributed by atoms with Crippen molar-refractivity contribution in [1.82, 2.24) is 10.2 Å². The minimum atomic E-state index is 0.451. The van der Waals surface area contributed by atoms with E-state index in [1.54, 1.807) is 0 Å². The molecule has 1 aromatic rings. The maximum Gasteiger partial charge on any atom is 0.0447 e. The Morgan fingerprint density at radius 1 is 1.25 bits per heavy atom. The number of likely N-dealkylation sites (N-methyl/N-ethyl adjacent to an activating group) is 1. The number of hydrogen-bond acceptors (Lipinski definition) is 2. The lowest BCUT2D eigenvalue weighted by molar-refractivity contribution is 0.233. The van der Waals surface area contributed by atoms with Crippen molar-refractivity contribution in [2.75, 3.05) is 20.1 Å². The average Bonchev–Trinajstić information content (AvgIpc) is 3.27. The van der Waals surface area contributed by atoms with Gasteiger partial charge >= 0.3 is 0 Å². The summed E-state index contributed by atoms with van der Waals surface area (Å²) in [6, 6.07) is 8.19. The largest absolute Gasteiger partial charge is 0.312 e. The molecule has 0 aliphatic heterocycles. The number of rotatable bonds is 8. The van der Waals surface area contributed by atoms with Crippen molar-refractivity contribution >= 4 is 0 Å². The van der Waals surface area contributed by atoms with Crippen molar-refractivity contribution in [2.45, 2.75) is 58.5 Å². The van der Waals surface area contributed by atoms with Gasteiger partial charge in [-0.05, 0) is 63.4 Å². The minimum absolute atomic E-state index is 0.451. The van der Waals surface area contributed by atoms with Gasteiger partial charge in [0.15, 0.2) is 0 Å². The van der Waals surface area contributed by atoms with Gasteiger partial charge in [0, 0.05) is 18.6 Å². The first-order chi connectivity index (χ1) is 9.65. The second kappa shape index (κ2) is 7.24. The van der Waals surface area contributed by atoms with E-state index >= 15 is 0 Å². The maximum absolute atomic E-state index is 3.51. The first-order valence-corrected chi connectivity index (χ1v) is 8.14. The lowest BCUT2D eigenvalue weighted by Gasteiger charge is -2.28. The molecular weight excluding hydrogens is 244 g/mol. The SMILES string of the molecule is CCCCN(CC(NC)c1ccc(C)c(C)c1)C1CC1. The zero-order valence-electron chi connectivity index (χ0n) is 13.6. The summed E-state index contributed by atoms with van der Waals surface area (Å²) in [6.45, 7) is 9.07. The van der Waals surface area contributed by atoms with Crippen LogP contribution in [0.1, 0.15) is 55.3 Å². The van der Waals surface area contributed by atoms with Gasteiger partial charge in [0.25, 0.3) is 0 Å². The number of aryl methyl sites for hydroxylation is 2. The minimum Gasteiger partial charge on any atom is -0.312 e. The van der Waals surface area contributed by atoms with Crippen LogP contribution in [0.4, 0.5) is 0 Å². The Morgan fingerprint density at radius 2 is 2.00 bits per heavy atom. The van der Waals surface area contributed by atoms with Crippen molar-refractivity contribution in [3.8, 4) is 0 Å². The molecule has 2 heteroatoms. The first kappa shape index (κ1) is 15.5. The molecule has 2 rings (SSSR count). The molecule has 1 saturated carbocycles. The van der Waals surface area contributed by atoms with E-state index < -0.39 is 0 Å². The van der Waals surface area contributed by atoms with Gasteiger partial charge < -0.3 is 5.32 Å². The molecule has 1 aliphatic carbocycles. The molecule has 112 valence electrons. The molecule has 0 heterocycles. The molecule has 1 aliphatic rings. The highest BCUT2D eigenvalue weighted by atomic mass is 15.2. The molecule has 0 amide bonds. The fourth-order valence-corrected chi connectivity index (χ4v) is 2.80. The molecule has 1 fully saturated rings. The summed E-state index contributed by atoms with van der Waals surface area (Å²) in [6.07, 6.45) is 5.40. The van der Waals surface area contributed by atoms with Crippen molar-refractivity contribution < 1.29 is 0 Å². The van der Waals surface area contributed by atoms with Crippen LogP contribution in [-0.2, 0) is 0 Å². The molecule has 0 aromatic heterocycles. The normalized spacial score (nSPS) is 16.6. The maximum atomic E-state index is 3.51. The molecule has 0 saturated heterocycles. The van der Waals surface area contributed by atoms with Gasteiger partial charge in [0.1, 0.15) is 0 Å². The van der Waals surface area contributed by atoms with Gasteiger partial charge in [0.05, 0.1) is 0 Å². The fraction of sp³-hybridized carbons (Fsp3) is 0.667. The second-order valence-electron chi connectivity index (χ2n) is 6.26. The zero-order chi connectivity index (χ0) is 14.5. The third-order valence-electron chi connectivity index (χ3n) is 4.56. The number of nitrogens with zero attached hydrogens (tertiary/aromatic N) is 1. The predicted molar refractivity (Wildman–Crippen MR) is 87.2 cm³/mol. The summed E-state index contributed by atoms with van der Waals surface area (Å²) in [4.78, 5) is 2.69. The van der Waals surface area contributed by atoms with E-state index in [0.717, 1.165) is 12.6 Å². The van der Waals surface area contributed by atoms with Crippen LogP contribution >= 0.6 is 0 Å². The molecule has 1 atom stereocenters. The van der Waals surface area contributed by atoms with E-state index in [2.05, 4.69) is 56.2 Å². The molecular formula is C18H30N2. The van der Waals surface area contributed by atoms with Crippen LogP contribution in [0.3, 0.4) is 0 Å².